The molecule has 0 aromatic carbocycles. The van der Waals surface area contributed by atoms with E-state index in [4.69, 9.17) is 5.84 Å². The number of nitrogens with one attached hydrogen (secondary N) is 1. The Hall–Kier alpha value is -0.570. The summed E-state index contributed by atoms with van der Waals surface area (Å²) in [5, 5.41) is 0. The van der Waals surface area contributed by atoms with Crippen molar-refractivity contribution in [1.29, 1.82) is 0 Å². The molecule has 0 aliphatic heterocycles. The molecular formula is C12H20N2O. The maximum absolute atomic E-state index is 11.5. The second kappa shape index (κ2) is 3.21. The summed E-state index contributed by atoms with van der Waals surface area (Å²) < 4.78 is 0. The Kier molecular flexibility index (Phi) is 2.06. The normalized spacial score (nSPS) is 46.9. The summed E-state index contributed by atoms with van der Waals surface area (Å²) in [6, 6.07) is 0. The van der Waals surface area contributed by atoms with Crippen LogP contribution in [-0.2, 0) is 4.79 Å². The van der Waals surface area contributed by atoms with Crippen LogP contribution in [0.25, 0.3) is 0 Å². The summed E-state index contributed by atoms with van der Waals surface area (Å²) in [4.78, 5) is 11.5. The van der Waals surface area contributed by atoms with Crippen LogP contribution in [0.15, 0.2) is 0 Å². The number of carbonyl (C=O) groups excluding carboxylic acids is 1. The predicted octanol–water partition coefficient (Wildman–Crippen LogP) is 1.58. The molecule has 1 amide bonds. The molecule has 4 rings (SSSR count). The van der Waals surface area contributed by atoms with E-state index in [1.807, 2.05) is 0 Å². The van der Waals surface area contributed by atoms with Gasteiger partial charge in [-0.1, -0.05) is 0 Å². The van der Waals surface area contributed by atoms with Crippen LogP contribution in [0.1, 0.15) is 44.9 Å². The lowest BCUT2D eigenvalue weighted by Gasteiger charge is -2.56. The lowest BCUT2D eigenvalue weighted by Crippen LogP contribution is -2.48. The van der Waals surface area contributed by atoms with E-state index >= 15 is 0 Å². The highest BCUT2D eigenvalue weighted by Gasteiger charge is 2.51. The largest absolute Gasteiger partial charge is 0.294 e. The third-order valence-electron chi connectivity index (χ3n) is 4.86. The van der Waals surface area contributed by atoms with E-state index in [9.17, 15) is 4.79 Å². The van der Waals surface area contributed by atoms with Gasteiger partial charge in [-0.2, -0.15) is 0 Å². The number of amides is 1. The summed E-state index contributed by atoms with van der Waals surface area (Å²) in [7, 11) is 0. The zero-order valence-corrected chi connectivity index (χ0v) is 9.17. The summed E-state index contributed by atoms with van der Waals surface area (Å²) in [5.41, 5.74) is 2.63. The van der Waals surface area contributed by atoms with Crippen molar-refractivity contribution in [2.45, 2.75) is 44.9 Å². The molecule has 0 atom stereocenters. The molecule has 0 radical (unpaired) electrons. The van der Waals surface area contributed by atoms with E-state index in [0.29, 0.717) is 11.8 Å². The third kappa shape index (κ3) is 1.57. The quantitative estimate of drug-likeness (QED) is 0.411. The molecule has 3 N–H and O–H groups in total. The SMILES string of the molecule is NNC(=O)CC12CC3CC(CC(C3)C1)C2. The smallest absolute Gasteiger partial charge is 0.234 e. The average Bonchev–Trinajstić information content (AvgIpc) is 2.14. The van der Waals surface area contributed by atoms with Gasteiger partial charge in [0, 0.05) is 6.42 Å². The van der Waals surface area contributed by atoms with E-state index < -0.39 is 0 Å². The molecule has 15 heavy (non-hydrogen) atoms. The predicted molar refractivity (Wildman–Crippen MR) is 57.6 cm³/mol. The van der Waals surface area contributed by atoms with Crippen molar-refractivity contribution in [3.8, 4) is 0 Å². The number of rotatable bonds is 2. The van der Waals surface area contributed by atoms with E-state index in [1.165, 1.54) is 38.5 Å². The molecule has 4 fully saturated rings. The third-order valence-corrected chi connectivity index (χ3v) is 4.86. The van der Waals surface area contributed by atoms with Gasteiger partial charge in [0.15, 0.2) is 0 Å². The summed E-state index contributed by atoms with van der Waals surface area (Å²) in [5.74, 6) is 8.00. The van der Waals surface area contributed by atoms with Crippen LogP contribution in [-0.4, -0.2) is 5.91 Å². The molecule has 4 saturated carbocycles. The zero-order chi connectivity index (χ0) is 10.5. The minimum Gasteiger partial charge on any atom is -0.294 e. The molecule has 4 aliphatic rings. The molecule has 3 nitrogen and oxygen atoms in total. The average molecular weight is 208 g/mol. The summed E-state index contributed by atoms with van der Waals surface area (Å²) in [6.45, 7) is 0. The first kappa shape index (κ1) is 9.64. The van der Waals surface area contributed by atoms with Crippen molar-refractivity contribution in [2.24, 2.45) is 29.0 Å². The minimum absolute atomic E-state index is 0.0388. The molecule has 0 aromatic rings. The van der Waals surface area contributed by atoms with Crippen molar-refractivity contribution in [3.63, 3.8) is 0 Å². The maximum Gasteiger partial charge on any atom is 0.234 e. The first-order valence-electron chi connectivity index (χ1n) is 6.18. The van der Waals surface area contributed by atoms with Crippen LogP contribution in [0.5, 0.6) is 0 Å². The van der Waals surface area contributed by atoms with Gasteiger partial charge >= 0.3 is 0 Å². The first-order valence-corrected chi connectivity index (χ1v) is 6.18. The molecule has 84 valence electrons. The molecule has 3 heteroatoms. The second-order valence-electron chi connectivity index (χ2n) is 6.16. The standard InChI is InChI=1S/C12H20N2O/c13-14-11(15)7-12-4-8-1-9(5-12)3-10(2-8)6-12/h8-10H,1-7,13H2,(H,14,15). The van der Waals surface area contributed by atoms with Crippen molar-refractivity contribution >= 4 is 5.91 Å². The molecule has 0 saturated heterocycles. The summed E-state index contributed by atoms with van der Waals surface area (Å²) >= 11 is 0. The number of hydrazine groups is 1. The Morgan fingerprint density at radius 3 is 2.00 bits per heavy atom. The van der Waals surface area contributed by atoms with Gasteiger partial charge in [0.2, 0.25) is 5.91 Å². The van der Waals surface area contributed by atoms with Gasteiger partial charge in [-0.15, -0.1) is 0 Å². The molecule has 4 bridgehead atoms. The van der Waals surface area contributed by atoms with E-state index in [-0.39, 0.29) is 5.91 Å². The van der Waals surface area contributed by atoms with Crippen LogP contribution in [0.2, 0.25) is 0 Å². The molecule has 0 heterocycles. The zero-order valence-electron chi connectivity index (χ0n) is 9.17. The number of hydrogen-bond acceptors (Lipinski definition) is 2. The molecule has 0 unspecified atom stereocenters. The van der Waals surface area contributed by atoms with Crippen molar-refractivity contribution in [1.82, 2.24) is 5.43 Å². The fourth-order valence-corrected chi connectivity index (χ4v) is 4.90. The molecule has 0 aromatic heterocycles. The van der Waals surface area contributed by atoms with E-state index in [0.717, 1.165) is 17.8 Å². The van der Waals surface area contributed by atoms with Gasteiger partial charge in [0.1, 0.15) is 0 Å². The monoisotopic (exact) mass is 208 g/mol. The van der Waals surface area contributed by atoms with Gasteiger partial charge in [0.25, 0.3) is 0 Å². The number of nitrogens with two attached hydrogens (primary N) is 1. The van der Waals surface area contributed by atoms with Gasteiger partial charge in [-0.05, 0) is 61.7 Å². The molecule has 4 aliphatic carbocycles. The Morgan fingerprint density at radius 2 is 1.60 bits per heavy atom. The molecular weight excluding hydrogens is 188 g/mol. The Morgan fingerprint density at radius 1 is 1.13 bits per heavy atom. The van der Waals surface area contributed by atoms with Gasteiger partial charge in [0.05, 0.1) is 0 Å². The highest BCUT2D eigenvalue weighted by atomic mass is 16.2. The minimum atomic E-state index is 0.0388. The Balaban J connectivity index is 1.78. The lowest BCUT2D eigenvalue weighted by atomic mass is 9.49. The van der Waals surface area contributed by atoms with Crippen LogP contribution in [0.3, 0.4) is 0 Å². The van der Waals surface area contributed by atoms with Crippen LogP contribution >= 0.6 is 0 Å². The first-order chi connectivity index (χ1) is 7.19. The fourth-order valence-electron chi connectivity index (χ4n) is 4.90. The maximum atomic E-state index is 11.5. The van der Waals surface area contributed by atoms with Gasteiger partial charge in [-0.25, -0.2) is 5.84 Å². The Bertz CT molecular complexity index is 252. The molecule has 0 spiro atoms. The van der Waals surface area contributed by atoms with Gasteiger partial charge < -0.3 is 0 Å². The van der Waals surface area contributed by atoms with Crippen molar-refractivity contribution in [2.75, 3.05) is 0 Å². The highest BCUT2D eigenvalue weighted by Crippen LogP contribution is 2.61. The lowest BCUT2D eigenvalue weighted by molar-refractivity contribution is -0.129. The summed E-state index contributed by atoms with van der Waals surface area (Å²) in [6.07, 6.45) is 8.83. The Labute approximate surface area is 90.8 Å². The van der Waals surface area contributed by atoms with E-state index in [2.05, 4.69) is 5.43 Å². The van der Waals surface area contributed by atoms with Crippen LogP contribution in [0.4, 0.5) is 0 Å². The fraction of sp³-hybridized carbons (Fsp3) is 0.917. The van der Waals surface area contributed by atoms with Crippen molar-refractivity contribution in [3.05, 3.63) is 0 Å². The van der Waals surface area contributed by atoms with E-state index in [1.54, 1.807) is 0 Å². The van der Waals surface area contributed by atoms with Crippen molar-refractivity contribution < 1.29 is 4.79 Å². The second-order valence-corrected chi connectivity index (χ2v) is 6.16. The van der Waals surface area contributed by atoms with Crippen LogP contribution < -0.4 is 11.3 Å². The highest BCUT2D eigenvalue weighted by molar-refractivity contribution is 5.76. The topological polar surface area (TPSA) is 55.1 Å². The number of carbonyl (C=O) groups is 1. The number of hydrogen-bond donors (Lipinski definition) is 2. The van der Waals surface area contributed by atoms with Gasteiger partial charge in [-0.3, -0.25) is 10.2 Å². The van der Waals surface area contributed by atoms with Crippen LogP contribution in [0, 0.1) is 23.2 Å².